The molecule has 3 rings (SSSR count). The number of nitrogens with one attached hydrogen (secondary N) is 3. The van der Waals surface area contributed by atoms with Gasteiger partial charge in [-0.2, -0.15) is 0 Å². The normalized spacial score (nSPS) is 24.2. The van der Waals surface area contributed by atoms with Crippen molar-refractivity contribution in [2.24, 2.45) is 0 Å². The van der Waals surface area contributed by atoms with Crippen molar-refractivity contribution < 1.29 is 4.79 Å². The van der Waals surface area contributed by atoms with Crippen LogP contribution in [-0.4, -0.2) is 23.0 Å². The lowest BCUT2D eigenvalue weighted by molar-refractivity contribution is 0.0930. The van der Waals surface area contributed by atoms with E-state index in [2.05, 4.69) is 37.1 Å². The van der Waals surface area contributed by atoms with Gasteiger partial charge in [0.15, 0.2) is 0 Å². The molecule has 0 radical (unpaired) electrons. The van der Waals surface area contributed by atoms with Crippen molar-refractivity contribution in [3.05, 3.63) is 64.4 Å². The molecule has 1 aliphatic rings. The number of halogens is 1. The maximum atomic E-state index is 12.4. The third-order valence-corrected chi connectivity index (χ3v) is 4.34. The van der Waals surface area contributed by atoms with E-state index in [1.54, 1.807) is 24.5 Å². The molecule has 0 spiro atoms. The van der Waals surface area contributed by atoms with Crippen molar-refractivity contribution >= 4 is 21.8 Å². The molecule has 1 aliphatic heterocycles. The van der Waals surface area contributed by atoms with Gasteiger partial charge < -0.3 is 5.32 Å². The minimum Gasteiger partial charge on any atom is -0.346 e. The number of hydrogen-bond donors (Lipinski definition) is 3. The van der Waals surface area contributed by atoms with Gasteiger partial charge in [-0.15, -0.1) is 0 Å². The van der Waals surface area contributed by atoms with E-state index < -0.39 is 0 Å². The molecular weight excluding hydrogens is 344 g/mol. The number of rotatable bonds is 3. The molecule has 2 heterocycles. The average molecular weight is 361 g/mol. The van der Waals surface area contributed by atoms with E-state index in [0.717, 1.165) is 10.0 Å². The van der Waals surface area contributed by atoms with Crippen LogP contribution in [0.2, 0.25) is 0 Å². The predicted molar refractivity (Wildman–Crippen MR) is 88.1 cm³/mol. The Morgan fingerprint density at radius 1 is 1.23 bits per heavy atom. The number of hydrogen-bond acceptors (Lipinski definition) is 4. The van der Waals surface area contributed by atoms with Gasteiger partial charge in [0.05, 0.1) is 17.6 Å². The molecule has 2 aromatic rings. The Morgan fingerprint density at radius 3 is 2.68 bits per heavy atom. The minimum atomic E-state index is -0.113. The second-order valence-electron chi connectivity index (χ2n) is 5.35. The zero-order valence-corrected chi connectivity index (χ0v) is 13.7. The molecular formula is C16H17BrN4O. The Hall–Kier alpha value is -1.76. The molecule has 5 nitrogen and oxygen atoms in total. The van der Waals surface area contributed by atoms with E-state index in [4.69, 9.17) is 0 Å². The Balaban J connectivity index is 1.78. The molecule has 3 atom stereocenters. The molecule has 0 saturated carbocycles. The number of benzene rings is 1. The zero-order valence-electron chi connectivity index (χ0n) is 12.1. The van der Waals surface area contributed by atoms with Crippen LogP contribution in [0.4, 0.5) is 0 Å². The first kappa shape index (κ1) is 15.1. The van der Waals surface area contributed by atoms with Gasteiger partial charge in [0.1, 0.15) is 0 Å². The van der Waals surface area contributed by atoms with Crippen molar-refractivity contribution in [1.82, 2.24) is 21.2 Å². The van der Waals surface area contributed by atoms with Crippen LogP contribution in [0, 0.1) is 0 Å². The Labute approximate surface area is 137 Å². The first-order valence-electron chi connectivity index (χ1n) is 7.12. The van der Waals surface area contributed by atoms with Crippen molar-refractivity contribution in [2.75, 3.05) is 0 Å². The Bertz CT molecular complexity index is 647. The summed E-state index contributed by atoms with van der Waals surface area (Å²) in [5.74, 6) is -0.113. The van der Waals surface area contributed by atoms with Gasteiger partial charge in [-0.05, 0) is 36.8 Å². The van der Waals surface area contributed by atoms with Crippen molar-refractivity contribution in [2.45, 2.75) is 25.0 Å². The van der Waals surface area contributed by atoms with Gasteiger partial charge in [-0.3, -0.25) is 15.2 Å². The van der Waals surface area contributed by atoms with Crippen LogP contribution >= 0.6 is 15.9 Å². The summed E-state index contributed by atoms with van der Waals surface area (Å²) in [6, 6.07) is 11.7. The summed E-state index contributed by atoms with van der Waals surface area (Å²) in [7, 11) is 0. The number of amides is 1. The standard InChI is InChI=1S/C16H17BrN4O/c1-10-14(19-16(22)12-3-2-8-18-9-12)15(21-20-10)11-4-6-13(17)7-5-11/h2-10,14-15,20-21H,1H3,(H,19,22). The summed E-state index contributed by atoms with van der Waals surface area (Å²) < 4.78 is 1.03. The molecule has 1 aromatic carbocycles. The second-order valence-corrected chi connectivity index (χ2v) is 6.26. The zero-order chi connectivity index (χ0) is 15.5. The van der Waals surface area contributed by atoms with Crippen LogP contribution in [0.5, 0.6) is 0 Å². The smallest absolute Gasteiger partial charge is 0.253 e. The van der Waals surface area contributed by atoms with Gasteiger partial charge in [-0.25, -0.2) is 5.43 Å². The highest BCUT2D eigenvalue weighted by Gasteiger charge is 2.35. The third-order valence-electron chi connectivity index (χ3n) is 3.81. The highest BCUT2D eigenvalue weighted by Crippen LogP contribution is 2.24. The quantitative estimate of drug-likeness (QED) is 0.784. The first-order chi connectivity index (χ1) is 10.6. The molecule has 1 amide bonds. The number of aromatic nitrogens is 1. The van der Waals surface area contributed by atoms with Gasteiger partial charge in [0, 0.05) is 22.9 Å². The highest BCUT2D eigenvalue weighted by molar-refractivity contribution is 9.10. The summed E-state index contributed by atoms with van der Waals surface area (Å²) >= 11 is 3.44. The lowest BCUT2D eigenvalue weighted by Gasteiger charge is -2.22. The van der Waals surface area contributed by atoms with Crippen LogP contribution in [0.25, 0.3) is 0 Å². The number of carbonyl (C=O) groups is 1. The molecule has 0 aliphatic carbocycles. The van der Waals surface area contributed by atoms with E-state index in [1.807, 2.05) is 31.2 Å². The van der Waals surface area contributed by atoms with E-state index in [-0.39, 0.29) is 24.0 Å². The maximum absolute atomic E-state index is 12.4. The molecule has 3 N–H and O–H groups in total. The lowest BCUT2D eigenvalue weighted by Crippen LogP contribution is -2.44. The molecule has 3 unspecified atom stereocenters. The van der Waals surface area contributed by atoms with Gasteiger partial charge in [0.25, 0.3) is 5.91 Å². The van der Waals surface area contributed by atoms with Crippen molar-refractivity contribution in [3.8, 4) is 0 Å². The van der Waals surface area contributed by atoms with Gasteiger partial charge in [-0.1, -0.05) is 28.1 Å². The number of pyridine rings is 1. The fourth-order valence-electron chi connectivity index (χ4n) is 2.59. The predicted octanol–water partition coefficient (Wildman–Crippen LogP) is 2.18. The van der Waals surface area contributed by atoms with Gasteiger partial charge in [0.2, 0.25) is 0 Å². The van der Waals surface area contributed by atoms with E-state index in [9.17, 15) is 4.79 Å². The van der Waals surface area contributed by atoms with E-state index in [0.29, 0.717) is 5.56 Å². The first-order valence-corrected chi connectivity index (χ1v) is 7.92. The van der Waals surface area contributed by atoms with Crippen LogP contribution in [0.3, 0.4) is 0 Å². The maximum Gasteiger partial charge on any atom is 0.253 e. The summed E-state index contributed by atoms with van der Waals surface area (Å²) in [6.07, 6.45) is 3.23. The number of hydrazine groups is 1. The summed E-state index contributed by atoms with van der Waals surface area (Å²) in [5.41, 5.74) is 8.14. The molecule has 22 heavy (non-hydrogen) atoms. The molecule has 1 fully saturated rings. The molecule has 1 saturated heterocycles. The van der Waals surface area contributed by atoms with Crippen molar-refractivity contribution in [3.63, 3.8) is 0 Å². The van der Waals surface area contributed by atoms with Gasteiger partial charge >= 0.3 is 0 Å². The number of nitrogens with zero attached hydrogens (tertiary/aromatic N) is 1. The van der Waals surface area contributed by atoms with Crippen LogP contribution in [0.15, 0.2) is 53.3 Å². The highest BCUT2D eigenvalue weighted by atomic mass is 79.9. The SMILES string of the molecule is CC1NNC(c2ccc(Br)cc2)C1NC(=O)c1cccnc1. The monoisotopic (exact) mass is 360 g/mol. The summed E-state index contributed by atoms with van der Waals surface area (Å²) in [6.45, 7) is 2.04. The Kier molecular flexibility index (Phi) is 4.52. The van der Waals surface area contributed by atoms with Crippen LogP contribution in [0.1, 0.15) is 28.9 Å². The Morgan fingerprint density at radius 2 is 2.00 bits per heavy atom. The summed E-state index contributed by atoms with van der Waals surface area (Å²) in [5, 5.41) is 3.09. The largest absolute Gasteiger partial charge is 0.346 e. The molecule has 114 valence electrons. The molecule has 0 bridgehead atoms. The van der Waals surface area contributed by atoms with E-state index in [1.165, 1.54) is 0 Å². The fraction of sp³-hybridized carbons (Fsp3) is 0.250. The second kappa shape index (κ2) is 6.56. The number of carbonyl (C=O) groups excluding carboxylic acids is 1. The fourth-order valence-corrected chi connectivity index (χ4v) is 2.85. The summed E-state index contributed by atoms with van der Waals surface area (Å²) in [4.78, 5) is 16.4. The topological polar surface area (TPSA) is 66.0 Å². The van der Waals surface area contributed by atoms with Crippen LogP contribution < -0.4 is 16.2 Å². The van der Waals surface area contributed by atoms with Crippen molar-refractivity contribution in [1.29, 1.82) is 0 Å². The third kappa shape index (κ3) is 3.19. The minimum absolute atomic E-state index is 0.0173. The van der Waals surface area contributed by atoms with Crippen LogP contribution in [-0.2, 0) is 0 Å². The van der Waals surface area contributed by atoms with E-state index >= 15 is 0 Å². The lowest BCUT2D eigenvalue weighted by atomic mass is 9.97. The molecule has 1 aromatic heterocycles. The average Bonchev–Trinajstić information content (AvgIpc) is 2.90. The molecule has 6 heteroatoms.